The van der Waals surface area contributed by atoms with E-state index in [4.69, 9.17) is 0 Å². The number of likely N-dealkylation sites (tertiary alicyclic amines) is 1. The van der Waals surface area contributed by atoms with Gasteiger partial charge >= 0.3 is 6.03 Å². The fraction of sp³-hybridized carbons (Fsp3) is 0.556. The van der Waals surface area contributed by atoms with E-state index in [9.17, 15) is 9.59 Å². The van der Waals surface area contributed by atoms with Crippen LogP contribution in [0.2, 0.25) is 0 Å². The Hall–Kier alpha value is -1.88. The first-order valence-corrected chi connectivity index (χ1v) is 8.41. The maximum atomic E-state index is 12.8. The monoisotopic (exact) mass is 315 g/mol. The van der Waals surface area contributed by atoms with E-state index < -0.39 is 6.04 Å². The molecule has 5 nitrogen and oxygen atoms in total. The largest absolute Gasteiger partial charge is 0.333 e. The number of benzene rings is 1. The molecule has 23 heavy (non-hydrogen) atoms. The van der Waals surface area contributed by atoms with Crippen molar-refractivity contribution in [2.24, 2.45) is 5.92 Å². The van der Waals surface area contributed by atoms with Gasteiger partial charge < -0.3 is 0 Å². The molecule has 2 heterocycles. The first-order chi connectivity index (χ1) is 11.0. The van der Waals surface area contributed by atoms with Gasteiger partial charge in [-0.2, -0.15) is 0 Å². The number of piperidine rings is 1. The van der Waals surface area contributed by atoms with E-state index in [1.54, 1.807) is 11.8 Å². The first kappa shape index (κ1) is 16.0. The Bertz CT molecular complexity index is 599. The molecule has 0 radical (unpaired) electrons. The summed E-state index contributed by atoms with van der Waals surface area (Å²) in [5, 5.41) is 0. The Morgan fingerprint density at radius 3 is 2.48 bits per heavy atom. The lowest BCUT2D eigenvalue weighted by molar-refractivity contribution is -0.128. The third kappa shape index (κ3) is 3.11. The minimum atomic E-state index is -0.438. The SMILES string of the molecule is Cc1ccc(N2C(=O)N(CN3CCC[C@H](C)C3)C(=O)[C@H]2C)cc1. The lowest BCUT2D eigenvalue weighted by Gasteiger charge is -2.32. The van der Waals surface area contributed by atoms with Gasteiger partial charge in [0.05, 0.1) is 6.67 Å². The van der Waals surface area contributed by atoms with Crippen LogP contribution in [0.3, 0.4) is 0 Å². The van der Waals surface area contributed by atoms with E-state index in [0.29, 0.717) is 12.6 Å². The highest BCUT2D eigenvalue weighted by atomic mass is 16.2. The standard InChI is InChI=1S/C18H25N3O2/c1-13-6-8-16(9-7-13)21-15(3)17(22)20(18(21)23)12-19-10-4-5-14(2)11-19/h6-9,14-15H,4-5,10-12H2,1-3H3/t14-,15+/m0/s1. The molecule has 0 spiro atoms. The molecule has 124 valence electrons. The molecular formula is C18H25N3O2. The summed E-state index contributed by atoms with van der Waals surface area (Å²) in [6, 6.07) is 7.10. The molecule has 3 amide bonds. The van der Waals surface area contributed by atoms with Gasteiger partial charge in [0.1, 0.15) is 6.04 Å². The normalized spacial score (nSPS) is 26.2. The van der Waals surface area contributed by atoms with Crippen molar-refractivity contribution in [3.8, 4) is 0 Å². The van der Waals surface area contributed by atoms with Crippen molar-refractivity contribution in [1.29, 1.82) is 0 Å². The lowest BCUT2D eigenvalue weighted by Crippen LogP contribution is -2.45. The zero-order valence-electron chi connectivity index (χ0n) is 14.2. The number of hydrogen-bond donors (Lipinski definition) is 0. The number of hydrogen-bond acceptors (Lipinski definition) is 3. The summed E-state index contributed by atoms with van der Waals surface area (Å²) in [4.78, 5) is 30.6. The Balaban J connectivity index is 1.76. The average Bonchev–Trinajstić information content (AvgIpc) is 2.73. The second kappa shape index (κ2) is 6.32. The van der Waals surface area contributed by atoms with E-state index in [-0.39, 0.29) is 11.9 Å². The topological polar surface area (TPSA) is 43.9 Å². The van der Waals surface area contributed by atoms with E-state index >= 15 is 0 Å². The Labute approximate surface area is 137 Å². The number of carbonyl (C=O) groups is 2. The summed E-state index contributed by atoms with van der Waals surface area (Å²) < 4.78 is 0. The van der Waals surface area contributed by atoms with Crippen LogP contribution in [-0.2, 0) is 4.79 Å². The Morgan fingerprint density at radius 2 is 1.83 bits per heavy atom. The molecule has 2 saturated heterocycles. The molecule has 3 rings (SSSR count). The third-order valence-corrected chi connectivity index (χ3v) is 4.84. The summed E-state index contributed by atoms with van der Waals surface area (Å²) in [5.74, 6) is 0.524. The number of nitrogens with zero attached hydrogens (tertiary/aromatic N) is 3. The number of amides is 3. The summed E-state index contributed by atoms with van der Waals surface area (Å²) in [6.07, 6.45) is 2.36. The zero-order chi connectivity index (χ0) is 16.6. The van der Waals surface area contributed by atoms with E-state index in [1.807, 2.05) is 31.2 Å². The van der Waals surface area contributed by atoms with Crippen LogP contribution in [0.1, 0.15) is 32.3 Å². The molecule has 1 aromatic rings. The molecule has 2 aliphatic rings. The van der Waals surface area contributed by atoms with Gasteiger partial charge in [-0.15, -0.1) is 0 Å². The van der Waals surface area contributed by atoms with E-state index in [0.717, 1.165) is 30.8 Å². The molecule has 0 saturated carbocycles. The number of anilines is 1. The maximum absolute atomic E-state index is 12.8. The van der Waals surface area contributed by atoms with Gasteiger partial charge in [0.25, 0.3) is 5.91 Å². The van der Waals surface area contributed by atoms with E-state index in [1.165, 1.54) is 11.3 Å². The molecular weight excluding hydrogens is 290 g/mol. The molecule has 2 atom stereocenters. The van der Waals surface area contributed by atoms with Crippen LogP contribution in [0.25, 0.3) is 0 Å². The average molecular weight is 315 g/mol. The van der Waals surface area contributed by atoms with Gasteiger partial charge in [-0.1, -0.05) is 24.6 Å². The van der Waals surface area contributed by atoms with Crippen molar-refractivity contribution in [3.05, 3.63) is 29.8 Å². The third-order valence-electron chi connectivity index (χ3n) is 4.84. The van der Waals surface area contributed by atoms with Crippen molar-refractivity contribution < 1.29 is 9.59 Å². The second-order valence-electron chi connectivity index (χ2n) is 6.90. The van der Waals surface area contributed by atoms with Crippen molar-refractivity contribution in [2.45, 2.75) is 39.7 Å². The highest BCUT2D eigenvalue weighted by molar-refractivity contribution is 6.14. The van der Waals surface area contributed by atoms with Gasteiger partial charge in [-0.25, -0.2) is 9.69 Å². The number of urea groups is 1. The van der Waals surface area contributed by atoms with Gasteiger partial charge in [0.2, 0.25) is 0 Å². The number of aryl methyl sites for hydroxylation is 1. The van der Waals surface area contributed by atoms with Gasteiger partial charge in [-0.05, 0) is 51.3 Å². The van der Waals surface area contributed by atoms with E-state index in [2.05, 4.69) is 11.8 Å². The first-order valence-electron chi connectivity index (χ1n) is 8.41. The van der Waals surface area contributed by atoms with Crippen LogP contribution in [0.15, 0.2) is 24.3 Å². The van der Waals surface area contributed by atoms with Crippen LogP contribution in [-0.4, -0.2) is 47.5 Å². The summed E-state index contributed by atoms with van der Waals surface area (Å²) >= 11 is 0. The zero-order valence-corrected chi connectivity index (χ0v) is 14.2. The predicted molar refractivity (Wildman–Crippen MR) is 90.2 cm³/mol. The molecule has 0 N–H and O–H groups in total. The summed E-state index contributed by atoms with van der Waals surface area (Å²) in [7, 11) is 0. The summed E-state index contributed by atoms with van der Waals surface area (Å²) in [5.41, 5.74) is 1.93. The molecule has 2 fully saturated rings. The van der Waals surface area contributed by atoms with Crippen molar-refractivity contribution in [1.82, 2.24) is 9.80 Å². The molecule has 0 bridgehead atoms. The minimum Gasteiger partial charge on any atom is -0.285 e. The van der Waals surface area contributed by atoms with Crippen molar-refractivity contribution >= 4 is 17.6 Å². The van der Waals surface area contributed by atoms with Crippen molar-refractivity contribution in [3.63, 3.8) is 0 Å². The highest BCUT2D eigenvalue weighted by Gasteiger charge is 2.43. The van der Waals surface area contributed by atoms with Crippen LogP contribution in [0.5, 0.6) is 0 Å². The molecule has 1 aromatic carbocycles. The van der Waals surface area contributed by atoms with Crippen molar-refractivity contribution in [2.75, 3.05) is 24.7 Å². The van der Waals surface area contributed by atoms with Gasteiger partial charge in [-0.3, -0.25) is 14.6 Å². The van der Waals surface area contributed by atoms with Gasteiger partial charge in [0.15, 0.2) is 0 Å². The lowest BCUT2D eigenvalue weighted by atomic mass is 10.0. The molecule has 5 heteroatoms. The van der Waals surface area contributed by atoms with Crippen LogP contribution < -0.4 is 4.90 Å². The van der Waals surface area contributed by atoms with Crippen LogP contribution in [0.4, 0.5) is 10.5 Å². The number of rotatable bonds is 3. The molecule has 2 aliphatic heterocycles. The number of imide groups is 1. The van der Waals surface area contributed by atoms with Gasteiger partial charge in [0, 0.05) is 12.2 Å². The second-order valence-corrected chi connectivity index (χ2v) is 6.90. The maximum Gasteiger partial charge on any atom is 0.333 e. The highest BCUT2D eigenvalue weighted by Crippen LogP contribution is 2.27. The molecule has 0 aliphatic carbocycles. The predicted octanol–water partition coefficient (Wildman–Crippen LogP) is 2.84. The smallest absolute Gasteiger partial charge is 0.285 e. The number of carbonyl (C=O) groups excluding carboxylic acids is 2. The quantitative estimate of drug-likeness (QED) is 0.806. The summed E-state index contributed by atoms with van der Waals surface area (Å²) in [6.45, 7) is 8.36. The van der Waals surface area contributed by atoms with Crippen LogP contribution >= 0.6 is 0 Å². The Kier molecular flexibility index (Phi) is 4.39. The molecule has 0 aromatic heterocycles. The van der Waals surface area contributed by atoms with Crippen LogP contribution in [0, 0.1) is 12.8 Å². The Morgan fingerprint density at radius 1 is 1.13 bits per heavy atom. The fourth-order valence-corrected chi connectivity index (χ4v) is 3.51. The molecule has 0 unspecified atom stereocenters. The minimum absolute atomic E-state index is 0.103. The fourth-order valence-electron chi connectivity index (χ4n) is 3.51.